The van der Waals surface area contributed by atoms with Crippen molar-refractivity contribution < 1.29 is 14.1 Å². The van der Waals surface area contributed by atoms with Crippen molar-refractivity contribution in [1.82, 2.24) is 25.2 Å². The second kappa shape index (κ2) is 9.77. The molecule has 34 heavy (non-hydrogen) atoms. The van der Waals surface area contributed by atoms with Gasteiger partial charge < -0.3 is 19.5 Å². The number of likely N-dealkylation sites (tertiary alicyclic amines) is 1. The second-order valence-corrected chi connectivity index (χ2v) is 10.4. The van der Waals surface area contributed by atoms with Gasteiger partial charge in [-0.25, -0.2) is 4.79 Å². The van der Waals surface area contributed by atoms with Gasteiger partial charge in [0.05, 0.1) is 26.7 Å². The van der Waals surface area contributed by atoms with Gasteiger partial charge in [0.15, 0.2) is 5.76 Å². The molecule has 0 atom stereocenters. The van der Waals surface area contributed by atoms with Crippen molar-refractivity contribution in [3.05, 3.63) is 52.5 Å². The third-order valence-corrected chi connectivity index (χ3v) is 7.33. The molecule has 1 aliphatic rings. The number of piperidine rings is 1. The molecular formula is C24H26ClN5O3S. The van der Waals surface area contributed by atoms with Crippen molar-refractivity contribution in [2.45, 2.75) is 45.3 Å². The molecule has 0 unspecified atom stereocenters. The van der Waals surface area contributed by atoms with Crippen molar-refractivity contribution in [2.24, 2.45) is 0 Å². The maximum absolute atomic E-state index is 12.6. The summed E-state index contributed by atoms with van der Waals surface area (Å²) in [5.41, 5.74) is 1.56. The number of amides is 1. The van der Waals surface area contributed by atoms with Crippen LogP contribution in [-0.2, 0) is 6.54 Å². The van der Waals surface area contributed by atoms with Crippen LogP contribution in [0.5, 0.6) is 5.88 Å². The highest BCUT2D eigenvalue weighted by Gasteiger charge is 2.24. The number of hydrogen-bond donors (Lipinski definition) is 1. The first-order chi connectivity index (χ1) is 16.5. The van der Waals surface area contributed by atoms with Crippen LogP contribution in [0.3, 0.4) is 0 Å². The first-order valence-electron chi connectivity index (χ1n) is 11.4. The number of para-hydroxylation sites is 1. The first kappa shape index (κ1) is 22.9. The Morgan fingerprint density at radius 1 is 1.26 bits per heavy atom. The zero-order chi connectivity index (χ0) is 23.7. The van der Waals surface area contributed by atoms with E-state index < -0.39 is 6.09 Å². The number of rotatable bonds is 6. The zero-order valence-corrected chi connectivity index (χ0v) is 20.6. The van der Waals surface area contributed by atoms with Gasteiger partial charge in [0.2, 0.25) is 0 Å². The Bertz CT molecular complexity index is 1290. The molecule has 8 nitrogen and oxygen atoms in total. The Balaban J connectivity index is 1.28. The van der Waals surface area contributed by atoms with E-state index in [1.165, 1.54) is 11.3 Å². The van der Waals surface area contributed by atoms with Crippen LogP contribution in [0.25, 0.3) is 21.5 Å². The lowest BCUT2D eigenvalue weighted by molar-refractivity contribution is 0.151. The van der Waals surface area contributed by atoms with Gasteiger partial charge in [0.1, 0.15) is 5.69 Å². The third kappa shape index (κ3) is 4.96. The molecule has 4 aromatic rings. The minimum Gasteiger partial charge on any atom is -0.389 e. The van der Waals surface area contributed by atoms with E-state index in [9.17, 15) is 4.79 Å². The molecule has 0 spiro atoms. The Labute approximate surface area is 206 Å². The molecule has 5 rings (SSSR count). The molecule has 4 heterocycles. The van der Waals surface area contributed by atoms with Gasteiger partial charge in [-0.15, -0.1) is 16.4 Å². The van der Waals surface area contributed by atoms with Crippen LogP contribution in [0.2, 0.25) is 4.34 Å². The van der Waals surface area contributed by atoms with Crippen molar-refractivity contribution in [3.8, 4) is 16.5 Å². The average Bonchev–Trinajstić information content (AvgIpc) is 3.54. The lowest BCUT2D eigenvalue weighted by Gasteiger charge is -2.34. The Hall–Kier alpha value is -2.88. The normalized spacial score (nSPS) is 15.3. The summed E-state index contributed by atoms with van der Waals surface area (Å²) in [5, 5.41) is 12.5. The van der Waals surface area contributed by atoms with E-state index in [1.54, 1.807) is 4.68 Å². The highest BCUT2D eigenvalue weighted by molar-refractivity contribution is 7.19. The van der Waals surface area contributed by atoms with Crippen molar-refractivity contribution in [2.75, 3.05) is 13.1 Å². The molecule has 0 radical (unpaired) electrons. The molecule has 1 fully saturated rings. The number of nitrogens with one attached hydrogen (secondary N) is 1. The quantitative estimate of drug-likeness (QED) is 0.381. The second-order valence-electron chi connectivity index (χ2n) is 8.70. The Morgan fingerprint density at radius 2 is 2.06 bits per heavy atom. The molecule has 10 heteroatoms. The van der Waals surface area contributed by atoms with E-state index in [2.05, 4.69) is 34.3 Å². The van der Waals surface area contributed by atoms with Crippen LogP contribution < -0.4 is 10.1 Å². The molecule has 0 bridgehead atoms. The Kier molecular flexibility index (Phi) is 6.58. The van der Waals surface area contributed by atoms with Gasteiger partial charge in [-0.2, -0.15) is 0 Å². The van der Waals surface area contributed by atoms with E-state index >= 15 is 0 Å². The van der Waals surface area contributed by atoms with Crippen LogP contribution in [0.15, 0.2) is 47.0 Å². The van der Waals surface area contributed by atoms with Gasteiger partial charge in [-0.05, 0) is 51.0 Å². The summed E-state index contributed by atoms with van der Waals surface area (Å²) < 4.78 is 13.6. The summed E-state index contributed by atoms with van der Waals surface area (Å²) in [7, 11) is 0. The fourth-order valence-corrected chi connectivity index (χ4v) is 5.23. The summed E-state index contributed by atoms with van der Waals surface area (Å²) in [6.07, 6.45) is 1.34. The summed E-state index contributed by atoms with van der Waals surface area (Å²) in [5.74, 6) is 0.934. The molecular weight excluding hydrogens is 474 g/mol. The van der Waals surface area contributed by atoms with Gasteiger partial charge in [0.25, 0.3) is 5.88 Å². The minimum atomic E-state index is -0.475. The summed E-state index contributed by atoms with van der Waals surface area (Å²) >= 11 is 7.46. The van der Waals surface area contributed by atoms with Crippen LogP contribution in [0, 0.1) is 0 Å². The van der Waals surface area contributed by atoms with Crippen LogP contribution in [0.1, 0.15) is 32.4 Å². The van der Waals surface area contributed by atoms with E-state index in [0.717, 1.165) is 41.7 Å². The average molecular weight is 500 g/mol. The SMILES string of the molecule is CC(C)N1CCC(NC(=O)Oc2nn(Cc3cc(-c4ccc(Cl)s4)on3)c3ccccc23)CC1. The van der Waals surface area contributed by atoms with Gasteiger partial charge in [-0.1, -0.05) is 28.9 Å². The maximum atomic E-state index is 12.6. The number of nitrogens with zero attached hydrogens (tertiary/aromatic N) is 4. The summed E-state index contributed by atoms with van der Waals surface area (Å²) in [4.78, 5) is 16.0. The fraction of sp³-hybridized carbons (Fsp3) is 0.375. The molecule has 3 aromatic heterocycles. The molecule has 1 aliphatic heterocycles. The molecule has 178 valence electrons. The molecule has 1 amide bonds. The number of fused-ring (bicyclic) bond motifs is 1. The highest BCUT2D eigenvalue weighted by Crippen LogP contribution is 2.32. The van der Waals surface area contributed by atoms with E-state index in [1.807, 2.05) is 42.5 Å². The predicted molar refractivity (Wildman–Crippen MR) is 133 cm³/mol. The topological polar surface area (TPSA) is 85.4 Å². The maximum Gasteiger partial charge on any atom is 0.414 e. The summed E-state index contributed by atoms with van der Waals surface area (Å²) in [6, 6.07) is 13.9. The van der Waals surface area contributed by atoms with Crippen LogP contribution in [-0.4, -0.2) is 51.1 Å². The fourth-order valence-electron chi connectivity index (χ4n) is 4.24. The Morgan fingerprint density at radius 3 is 2.79 bits per heavy atom. The highest BCUT2D eigenvalue weighted by atomic mass is 35.5. The largest absolute Gasteiger partial charge is 0.414 e. The molecule has 0 saturated carbocycles. The molecule has 0 aliphatic carbocycles. The first-order valence-corrected chi connectivity index (χ1v) is 12.5. The minimum absolute atomic E-state index is 0.107. The number of hydrogen-bond acceptors (Lipinski definition) is 7. The van der Waals surface area contributed by atoms with E-state index in [0.29, 0.717) is 28.4 Å². The van der Waals surface area contributed by atoms with Crippen LogP contribution >= 0.6 is 22.9 Å². The standard InChI is InChI=1S/C24H26ClN5O3S/c1-15(2)29-11-9-16(10-12-29)26-24(31)32-23-18-5-3-4-6-19(18)30(27-23)14-17-13-20(33-28-17)21-7-8-22(25)34-21/h3-8,13,15-16H,9-12,14H2,1-2H3,(H,26,31). The van der Waals surface area contributed by atoms with Crippen molar-refractivity contribution >= 4 is 39.9 Å². The molecule has 1 saturated heterocycles. The number of ether oxygens (including phenoxy) is 1. The molecule has 1 N–H and O–H groups in total. The van der Waals surface area contributed by atoms with E-state index in [4.69, 9.17) is 20.9 Å². The van der Waals surface area contributed by atoms with Gasteiger partial charge in [0, 0.05) is 31.2 Å². The predicted octanol–water partition coefficient (Wildman–Crippen LogP) is 5.42. The lowest BCUT2D eigenvalue weighted by atomic mass is 10.0. The smallest absolute Gasteiger partial charge is 0.389 e. The summed E-state index contributed by atoms with van der Waals surface area (Å²) in [6.45, 7) is 6.71. The number of carbonyl (C=O) groups excluding carboxylic acids is 1. The lowest BCUT2D eigenvalue weighted by Crippen LogP contribution is -2.47. The third-order valence-electron chi connectivity index (χ3n) is 6.08. The molecule has 1 aromatic carbocycles. The van der Waals surface area contributed by atoms with Crippen molar-refractivity contribution in [3.63, 3.8) is 0 Å². The number of halogens is 1. The van der Waals surface area contributed by atoms with Crippen LogP contribution in [0.4, 0.5) is 4.79 Å². The van der Waals surface area contributed by atoms with Gasteiger partial charge >= 0.3 is 6.09 Å². The zero-order valence-electron chi connectivity index (χ0n) is 19.0. The number of carbonyl (C=O) groups is 1. The number of benzene rings is 1. The van der Waals surface area contributed by atoms with E-state index in [-0.39, 0.29) is 11.9 Å². The number of aromatic nitrogens is 3. The number of thiophene rings is 1. The van der Waals surface area contributed by atoms with Crippen molar-refractivity contribution in [1.29, 1.82) is 0 Å². The van der Waals surface area contributed by atoms with Gasteiger partial charge in [-0.3, -0.25) is 4.68 Å². The monoisotopic (exact) mass is 499 g/mol.